The van der Waals surface area contributed by atoms with Gasteiger partial charge in [-0.2, -0.15) is 8.42 Å². The van der Waals surface area contributed by atoms with Crippen molar-refractivity contribution >= 4 is 22.1 Å². The highest BCUT2D eigenvalue weighted by atomic mass is 32.2. The summed E-state index contributed by atoms with van der Waals surface area (Å²) in [5.74, 6) is 0.127. The Morgan fingerprint density at radius 1 is 0.430 bits per heavy atom. The van der Waals surface area contributed by atoms with Crippen LogP contribution in [0, 0.1) is 11.8 Å². The average Bonchev–Trinajstić information content (AvgIpc) is 0.873. The van der Waals surface area contributed by atoms with Gasteiger partial charge in [0.05, 0.1) is 164 Å². The summed E-state index contributed by atoms with van der Waals surface area (Å²) >= 11 is 0. The number of hydrogen-bond donors (Lipinski definition) is 3. The van der Waals surface area contributed by atoms with E-state index in [0.717, 1.165) is 333 Å². The van der Waals surface area contributed by atoms with Gasteiger partial charge in [-0.15, -0.1) is 13.2 Å². The van der Waals surface area contributed by atoms with E-state index in [9.17, 15) is 23.1 Å². The predicted molar refractivity (Wildman–Crippen MR) is 545 cm³/mol. The van der Waals surface area contributed by atoms with Gasteiger partial charge in [-0.3, -0.25) is 58.3 Å². The minimum absolute atomic E-state index is 0.0168. The standard InChI is InChI=1S/C15H21NO2.C12H21NO.C11H15NO.C9H15NO2.C9H19NO.2C8H17NO.C7H15NO5S.C7H13NO.C6H13NO2.C6H13NO.C5H11NO/c1-2-18-15(17)14-8-10-16(11-9-14)12-13-6-4-3-5-7-13;1-2-3-4-5-6-7-8-13-9-11-14-12-10-13;1-2-4-11(5-3-1)10-12-6-8-13-9-7-12;1-3-12-9(11)8-4-6-10(2)7-5-8;1-2-3-4-5-10-6-8-11-9-7-10;1-8(2)7-9-3-5-10-6-4-9;1-2-3-4-9-5-7-10-8-6-9;9-7(6-14(10,11)12)5-8-1-3-13-4-2-8;1-2-3-8-4-6-9-7-5-8;8-4-1-7-2-5-9-6-3-7;1-2-7-3-5-8-6-4-7;1-6-2-4-7-5-3-6/h3-7,14H,2,8-12H2,1H3;2,6-7H,1,3-5,8-12H2;1-5H,6-10H2;4H,3,5-7H2,1-2H3;2-9H2,1H3;8H,3-7H2,1-2H3;2-8H2,1H3;7,9H,1-6H2,(H,10,11,12);2H,1,3-7H2;8H,1-6H2;2-6H2,1H3;2-5H2,1H3/b;7-6+;;;;;;;;;;. The molecular weight excluding hydrogens is 1740 g/mol. The number of nitrogens with zero attached hydrogens (tertiary/aromatic N) is 12. The number of unbranched alkanes of at least 4 members (excludes halogenated alkanes) is 5. The molecule has 11 saturated heterocycles. The maximum absolute atomic E-state index is 11.6. The fourth-order valence-electron chi connectivity index (χ4n) is 15.5. The molecule has 32 heteroatoms. The normalized spacial score (nSPS) is 20.6. The lowest BCUT2D eigenvalue weighted by Gasteiger charge is -2.30. The first-order valence-corrected chi connectivity index (χ1v) is 52.9. The van der Waals surface area contributed by atoms with E-state index < -0.39 is 22.0 Å². The zero-order valence-electron chi connectivity index (χ0n) is 85.7. The van der Waals surface area contributed by atoms with Crippen LogP contribution in [0.15, 0.2) is 110 Å². The third-order valence-electron chi connectivity index (χ3n) is 23.8. The number of benzene rings is 2. The molecule has 14 rings (SSSR count). The molecule has 0 spiro atoms. The number of piperidine rings is 1. The molecule has 31 nitrogen and oxygen atoms in total. The number of esters is 2. The minimum Gasteiger partial charge on any atom is -0.466 e. The van der Waals surface area contributed by atoms with Crippen LogP contribution in [-0.4, -0.2) is 481 Å². The van der Waals surface area contributed by atoms with Crippen molar-refractivity contribution in [2.24, 2.45) is 11.8 Å². The molecule has 12 heterocycles. The molecule has 11 fully saturated rings. The van der Waals surface area contributed by atoms with Crippen molar-refractivity contribution in [1.82, 2.24) is 58.8 Å². The van der Waals surface area contributed by atoms with Crippen LogP contribution in [0.4, 0.5) is 0 Å². The lowest BCUT2D eigenvalue weighted by molar-refractivity contribution is -0.149. The van der Waals surface area contributed by atoms with Gasteiger partial charge in [0.25, 0.3) is 10.1 Å². The molecule has 0 aromatic heterocycles. The van der Waals surface area contributed by atoms with Crippen LogP contribution < -0.4 is 0 Å². The molecule has 0 bridgehead atoms. The summed E-state index contributed by atoms with van der Waals surface area (Å²) in [5.41, 5.74) is 3.56. The summed E-state index contributed by atoms with van der Waals surface area (Å²) in [7, 11) is 0.0717. The smallest absolute Gasteiger partial charge is 0.333 e. The number of allylic oxidation sites excluding steroid dienone is 2. The Morgan fingerprint density at radius 3 is 1.18 bits per heavy atom. The SMILES string of the molecule is C=CCCC/C=C/CN1CCOCC1.C=CCN1CCOCC1.CC(C)CN1CCOCC1.CCCCCN1CCOCC1.CCCCN1CCOCC1.CCN1CCOCC1.CCOC(=O)C1=CCN(C)CC1.CCOC(=O)C1CCN(Cc2ccccc2)CC1.CN1CCOCC1.O=S(=O)(O)CC(O)CN1CCOCC1.OCCN1CCOCC1.c1ccc(CN2CCOCC2)cc1. The van der Waals surface area contributed by atoms with Crippen LogP contribution in [0.5, 0.6) is 0 Å². The molecule has 0 amide bonds. The Bertz CT molecular complexity index is 3200. The van der Waals surface area contributed by atoms with Gasteiger partial charge in [0.15, 0.2) is 0 Å². The summed E-state index contributed by atoms with van der Waals surface area (Å²) in [4.78, 5) is 50.8. The first kappa shape index (κ1) is 124. The minimum atomic E-state index is -4.08. The van der Waals surface area contributed by atoms with Gasteiger partial charge in [-0.25, -0.2) is 4.79 Å². The topological polar surface area (TPSA) is 279 Å². The van der Waals surface area contributed by atoms with Crippen molar-refractivity contribution in [2.45, 2.75) is 138 Å². The number of ether oxygens (including phenoxy) is 12. The zero-order chi connectivity index (χ0) is 97.9. The number of likely N-dealkylation sites (tertiary alicyclic amines) is 1. The largest absolute Gasteiger partial charge is 0.466 e. The maximum atomic E-state index is 11.6. The molecule has 2 aromatic rings. The highest BCUT2D eigenvalue weighted by molar-refractivity contribution is 7.85. The summed E-state index contributed by atoms with van der Waals surface area (Å²) in [5, 5.41) is 17.9. The van der Waals surface area contributed by atoms with Crippen molar-refractivity contribution in [3.63, 3.8) is 0 Å². The number of aliphatic hydroxyl groups excluding tert-OH is 2. The molecule has 3 N–H and O–H groups in total. The summed E-state index contributed by atoms with van der Waals surface area (Å²) in [6.45, 7) is 75.7. The number of aliphatic hydroxyl groups is 2. The fourth-order valence-corrected chi connectivity index (χ4v) is 16.1. The van der Waals surface area contributed by atoms with Crippen molar-refractivity contribution in [3.8, 4) is 0 Å². The third kappa shape index (κ3) is 71.4. The first-order chi connectivity index (χ1) is 65.7. The second kappa shape index (κ2) is 86.0. The van der Waals surface area contributed by atoms with Gasteiger partial charge < -0.3 is 76.9 Å². The van der Waals surface area contributed by atoms with E-state index in [2.05, 4.69) is 175 Å². The molecule has 0 aliphatic carbocycles. The van der Waals surface area contributed by atoms with E-state index in [1.807, 2.05) is 50.1 Å². The van der Waals surface area contributed by atoms with Gasteiger partial charge in [-0.1, -0.05) is 145 Å². The molecular formula is C103H190N12O19S. The third-order valence-corrected chi connectivity index (χ3v) is 24.6. The fraction of sp³-hybridized carbons (Fsp3) is 0.786. The summed E-state index contributed by atoms with van der Waals surface area (Å²) in [6.07, 6.45) is 22.3. The number of β-amino-alcohol motifs (C(OH)–C–C–N with tert-alkyl or cyclic N) is 2. The van der Waals surface area contributed by atoms with Crippen LogP contribution in [0.25, 0.3) is 0 Å². The van der Waals surface area contributed by atoms with E-state index in [0.29, 0.717) is 39.5 Å². The number of likely N-dealkylation sites (N-methyl/N-ethyl adjacent to an activating group) is 3. The van der Waals surface area contributed by atoms with Crippen molar-refractivity contribution < 1.29 is 89.6 Å². The molecule has 12 aliphatic rings. The van der Waals surface area contributed by atoms with Gasteiger partial charge in [-0.05, 0) is 129 Å². The number of hydrogen-bond acceptors (Lipinski definition) is 30. The summed E-state index contributed by atoms with van der Waals surface area (Å²) in [6, 6.07) is 21.1. The molecule has 1 atom stereocenters. The molecule has 1 unspecified atom stereocenters. The monoisotopic (exact) mass is 1930 g/mol. The quantitative estimate of drug-likeness (QED) is 0.0266. The summed E-state index contributed by atoms with van der Waals surface area (Å²) < 4.78 is 91.3. The predicted octanol–water partition coefficient (Wildman–Crippen LogP) is 9.29. The Labute approximate surface area is 818 Å². The Morgan fingerprint density at radius 2 is 0.815 bits per heavy atom. The second-order valence-corrected chi connectivity index (χ2v) is 37.2. The molecule has 0 saturated carbocycles. The van der Waals surface area contributed by atoms with Crippen LogP contribution >= 0.6 is 0 Å². The molecule has 12 aliphatic heterocycles. The van der Waals surface area contributed by atoms with Crippen LogP contribution in [0.1, 0.15) is 130 Å². The van der Waals surface area contributed by atoms with Gasteiger partial charge >= 0.3 is 11.9 Å². The van der Waals surface area contributed by atoms with E-state index in [4.69, 9.17) is 66.5 Å². The Hall–Kier alpha value is -4.71. The van der Waals surface area contributed by atoms with Crippen molar-refractivity contribution in [1.29, 1.82) is 0 Å². The van der Waals surface area contributed by atoms with E-state index >= 15 is 0 Å². The Kier molecular flexibility index (Phi) is 79.3. The highest BCUT2D eigenvalue weighted by Crippen LogP contribution is 2.21. The number of carbonyl (C=O) groups excluding carboxylic acids is 2. The zero-order valence-corrected chi connectivity index (χ0v) is 86.6. The molecule has 135 heavy (non-hydrogen) atoms. The van der Waals surface area contributed by atoms with E-state index in [1.54, 1.807) is 0 Å². The highest BCUT2D eigenvalue weighted by Gasteiger charge is 2.27. The molecule has 2 aromatic carbocycles. The molecule has 782 valence electrons. The lowest BCUT2D eigenvalue weighted by Crippen LogP contribution is -2.42. The van der Waals surface area contributed by atoms with Crippen LogP contribution in [-0.2, 0) is 89.6 Å². The maximum Gasteiger partial charge on any atom is 0.333 e. The average molecular weight is 1930 g/mol. The Balaban J connectivity index is 0.000000382. The van der Waals surface area contributed by atoms with Crippen LogP contribution in [0.3, 0.4) is 0 Å². The van der Waals surface area contributed by atoms with Crippen molar-refractivity contribution in [3.05, 3.63) is 121 Å². The van der Waals surface area contributed by atoms with Crippen LogP contribution in [0.2, 0.25) is 0 Å². The first-order valence-electron chi connectivity index (χ1n) is 51.3. The molecule has 0 radical (unpaired) electrons. The van der Waals surface area contributed by atoms with Gasteiger partial charge in [0.1, 0.15) is 5.75 Å². The van der Waals surface area contributed by atoms with Gasteiger partial charge in [0, 0.05) is 195 Å². The van der Waals surface area contributed by atoms with E-state index in [-0.39, 0.29) is 31.0 Å². The second-order valence-electron chi connectivity index (χ2n) is 35.7. The number of carbonyl (C=O) groups is 2. The van der Waals surface area contributed by atoms with Gasteiger partial charge in [0.2, 0.25) is 0 Å². The van der Waals surface area contributed by atoms with E-state index in [1.165, 1.54) is 82.3 Å². The number of rotatable bonds is 32. The lowest BCUT2D eigenvalue weighted by atomic mass is 9.96. The van der Waals surface area contributed by atoms with Crippen molar-refractivity contribution in [2.75, 3.05) is 381 Å². The number of morpholine rings is 10.